The van der Waals surface area contributed by atoms with Crippen molar-refractivity contribution < 1.29 is 0 Å². The van der Waals surface area contributed by atoms with E-state index in [-0.39, 0.29) is 33.0 Å². The highest BCUT2D eigenvalue weighted by Gasteiger charge is 2.85. The maximum atomic E-state index is 2.70. The molecule has 5 atom stereocenters. The summed E-state index contributed by atoms with van der Waals surface area (Å²) in [5.74, 6) is 0.782. The Morgan fingerprint density at radius 1 is 0.475 bits per heavy atom. The molecule has 1 aliphatic carbocycles. The maximum absolute atomic E-state index is 2.70. The molecule has 0 aromatic heterocycles. The maximum Gasteiger partial charge on any atom is 0.0340 e. The van der Waals surface area contributed by atoms with E-state index in [0.29, 0.717) is 11.8 Å². The Balaban J connectivity index is 2.20. The van der Waals surface area contributed by atoms with Crippen LogP contribution in [0.2, 0.25) is 0 Å². The van der Waals surface area contributed by atoms with Crippen LogP contribution in [0, 0.1) is 38.9 Å². The number of hydrogen-bond donors (Lipinski definition) is 0. The predicted octanol–water partition coefficient (Wildman–Crippen LogP) is 17.7. The average Bonchev–Trinajstić information content (AvgIpc) is 3.25. The Labute approximate surface area is 374 Å². The van der Waals surface area contributed by atoms with Crippen LogP contribution < -0.4 is 0 Å². The third-order valence-electron chi connectivity index (χ3n) is 16.3. The van der Waals surface area contributed by atoms with Crippen molar-refractivity contribution in [3.8, 4) is 0 Å². The minimum Gasteiger partial charge on any atom is -0.0654 e. The van der Waals surface area contributed by atoms with Gasteiger partial charge in [-0.3, -0.25) is 0 Å². The lowest BCUT2D eigenvalue weighted by Crippen LogP contribution is -2.82. The second-order valence-electron chi connectivity index (χ2n) is 21.8. The molecule has 326 valence electrons. The molecule has 5 unspecified atom stereocenters. The molecule has 61 heavy (non-hydrogen) atoms. The van der Waals surface area contributed by atoms with Gasteiger partial charge in [0.25, 0.3) is 0 Å². The first-order valence-electron chi connectivity index (χ1n) is 24.4. The van der Waals surface area contributed by atoms with Crippen LogP contribution in [0.3, 0.4) is 0 Å². The van der Waals surface area contributed by atoms with Crippen LogP contribution in [-0.2, 0) is 10.8 Å². The molecule has 0 heteroatoms. The van der Waals surface area contributed by atoms with Gasteiger partial charge < -0.3 is 0 Å². The Bertz CT molecular complexity index is 1990. The van der Waals surface area contributed by atoms with E-state index in [1.54, 1.807) is 0 Å². The quantitative estimate of drug-likeness (QED) is 0.0871. The first kappa shape index (κ1) is 46.6. The third kappa shape index (κ3) is 7.10. The van der Waals surface area contributed by atoms with Crippen LogP contribution in [-0.4, -0.2) is 0 Å². The summed E-state index contributed by atoms with van der Waals surface area (Å²) in [4.78, 5) is 0. The third-order valence-corrected chi connectivity index (χ3v) is 16.3. The van der Waals surface area contributed by atoms with Gasteiger partial charge in [-0.15, -0.1) is 0 Å². The molecular formula is C61H82. The van der Waals surface area contributed by atoms with Crippen LogP contribution in [0.25, 0.3) is 0 Å². The lowest BCUT2D eigenvalue weighted by atomic mass is 9.18. The Morgan fingerprint density at radius 2 is 0.852 bits per heavy atom. The zero-order valence-electron chi connectivity index (χ0n) is 40.5. The van der Waals surface area contributed by atoms with Gasteiger partial charge in [-0.2, -0.15) is 0 Å². The topological polar surface area (TPSA) is 0 Å². The normalized spacial score (nSPS) is 24.4. The minimum atomic E-state index is -0.473. The van der Waals surface area contributed by atoms with Crippen molar-refractivity contribution in [1.29, 1.82) is 0 Å². The van der Waals surface area contributed by atoms with E-state index >= 15 is 0 Å². The lowest BCUT2D eigenvalue weighted by Gasteiger charge is -2.84. The first-order valence-corrected chi connectivity index (χ1v) is 24.4. The molecular weight excluding hydrogens is 733 g/mol. The first-order chi connectivity index (χ1) is 29.2. The number of hydrogen-bond acceptors (Lipinski definition) is 0. The zero-order chi connectivity index (χ0) is 44.2. The highest BCUT2D eigenvalue weighted by Crippen LogP contribution is 2.88. The van der Waals surface area contributed by atoms with Crippen molar-refractivity contribution in [1.82, 2.24) is 0 Å². The van der Waals surface area contributed by atoms with E-state index < -0.39 is 10.8 Å². The monoisotopic (exact) mass is 815 g/mol. The second kappa shape index (κ2) is 18.4. The van der Waals surface area contributed by atoms with Gasteiger partial charge in [0.05, 0.1) is 0 Å². The van der Waals surface area contributed by atoms with Gasteiger partial charge >= 0.3 is 0 Å². The fourth-order valence-electron chi connectivity index (χ4n) is 15.3. The summed E-state index contributed by atoms with van der Waals surface area (Å²) < 4.78 is 0. The highest BCUT2D eigenvalue weighted by molar-refractivity contribution is 5.61. The van der Waals surface area contributed by atoms with E-state index in [2.05, 4.69) is 235 Å². The molecule has 0 nitrogen and oxygen atoms in total. The summed E-state index contributed by atoms with van der Waals surface area (Å²) in [5.41, 5.74) is 5.49. The smallest absolute Gasteiger partial charge is 0.0340 e. The van der Waals surface area contributed by atoms with E-state index in [1.165, 1.54) is 47.1 Å². The van der Waals surface area contributed by atoms with Gasteiger partial charge in [0.15, 0.2) is 0 Å². The van der Waals surface area contributed by atoms with Crippen molar-refractivity contribution in [2.24, 2.45) is 38.9 Å². The summed E-state index contributed by atoms with van der Waals surface area (Å²) in [6.45, 7) is 31.1. The molecule has 0 aliphatic heterocycles. The molecule has 1 aliphatic rings. The molecule has 0 saturated heterocycles. The molecule has 1 fully saturated rings. The molecule has 1 saturated carbocycles. The minimum absolute atomic E-state index is 0.00524. The Morgan fingerprint density at radius 3 is 1.20 bits per heavy atom. The van der Waals surface area contributed by atoms with Gasteiger partial charge in [0, 0.05) is 10.8 Å². The summed E-state index contributed by atoms with van der Waals surface area (Å²) in [7, 11) is 0. The van der Waals surface area contributed by atoms with Gasteiger partial charge in [0.1, 0.15) is 0 Å². The van der Waals surface area contributed by atoms with Crippen molar-refractivity contribution >= 4 is 0 Å². The lowest BCUT2D eigenvalue weighted by molar-refractivity contribution is -0.264. The average molecular weight is 815 g/mol. The Hall–Kier alpha value is -3.90. The fourth-order valence-corrected chi connectivity index (χ4v) is 15.3. The standard InChI is InChI=1S/C61H82/c1-13-16-33-45-57(44-17-14-2)60(50-36-25-19-26-37-50,51-38-27-20-28-39-51)58(48(6)15-3,46-55(7,8)9)54(49-34-23-18-24-35-49)59(47(4)5,56(10,11)12)61(57,52-40-29-21-30-41-52)53-42-31-22-32-43-53/h18-32,34-43,47-48,54H,13-17,33,44-46H2,1-12H3. The number of rotatable bonds is 16. The molecule has 0 bridgehead atoms. The van der Waals surface area contributed by atoms with Crippen molar-refractivity contribution in [3.05, 3.63) is 179 Å². The highest BCUT2D eigenvalue weighted by atomic mass is 14.9. The molecule has 6 rings (SSSR count). The van der Waals surface area contributed by atoms with Crippen LogP contribution >= 0.6 is 0 Å². The largest absolute Gasteiger partial charge is 0.0654 e. The summed E-state index contributed by atoms with van der Waals surface area (Å²) in [6, 6.07) is 60.9. The number of benzene rings is 5. The molecule has 5 aromatic rings. The molecule has 0 amide bonds. The van der Waals surface area contributed by atoms with Gasteiger partial charge in [-0.25, -0.2) is 0 Å². The summed E-state index contributed by atoms with van der Waals surface area (Å²) in [6.07, 6.45) is 10.3. The second-order valence-corrected chi connectivity index (χ2v) is 21.8. The van der Waals surface area contributed by atoms with E-state index in [9.17, 15) is 0 Å². The van der Waals surface area contributed by atoms with Crippen LogP contribution in [0.5, 0.6) is 0 Å². The molecule has 0 heterocycles. The molecule has 5 aromatic carbocycles. The summed E-state index contributed by atoms with van der Waals surface area (Å²) >= 11 is 0. The Kier molecular flexibility index (Phi) is 14.1. The molecule has 0 N–H and O–H groups in total. The predicted molar refractivity (Wildman–Crippen MR) is 265 cm³/mol. The molecule has 0 spiro atoms. The SMILES string of the molecule is CCCCCC1(CCCC)C(c2ccccc2)(c2ccccc2)C(CC(C)(C)C)(C(C)CC)C(c2ccccc2)C(C(C)C)(C(C)(C)C)C1(c1ccccc1)c1ccccc1. The van der Waals surface area contributed by atoms with Crippen LogP contribution in [0.15, 0.2) is 152 Å². The van der Waals surface area contributed by atoms with Gasteiger partial charge in [-0.05, 0) is 91.9 Å². The van der Waals surface area contributed by atoms with Crippen molar-refractivity contribution in [2.45, 2.75) is 158 Å². The summed E-state index contributed by atoms with van der Waals surface area (Å²) in [5, 5.41) is 0. The van der Waals surface area contributed by atoms with Crippen LogP contribution in [0.1, 0.15) is 175 Å². The van der Waals surface area contributed by atoms with Crippen molar-refractivity contribution in [3.63, 3.8) is 0 Å². The van der Waals surface area contributed by atoms with E-state index in [4.69, 9.17) is 0 Å². The van der Waals surface area contributed by atoms with E-state index in [0.717, 1.165) is 38.5 Å². The van der Waals surface area contributed by atoms with E-state index in [1.807, 2.05) is 0 Å². The molecule has 0 radical (unpaired) electrons. The number of unbranched alkanes of at least 4 members (excludes halogenated alkanes) is 3. The van der Waals surface area contributed by atoms with Crippen LogP contribution in [0.4, 0.5) is 0 Å². The van der Waals surface area contributed by atoms with Gasteiger partial charge in [-0.1, -0.05) is 273 Å². The van der Waals surface area contributed by atoms with Crippen molar-refractivity contribution in [2.75, 3.05) is 0 Å². The zero-order valence-corrected chi connectivity index (χ0v) is 40.5. The fraction of sp³-hybridized carbons (Fsp3) is 0.508. The van der Waals surface area contributed by atoms with Gasteiger partial charge in [0.2, 0.25) is 0 Å².